The molecule has 152 valence electrons. The maximum atomic E-state index is 13.1. The van der Waals surface area contributed by atoms with Gasteiger partial charge in [-0.1, -0.05) is 30.3 Å². The van der Waals surface area contributed by atoms with Crippen molar-refractivity contribution >= 4 is 23.0 Å². The van der Waals surface area contributed by atoms with Crippen LogP contribution >= 0.6 is 11.8 Å². The molecule has 0 unspecified atom stereocenters. The van der Waals surface area contributed by atoms with Crippen molar-refractivity contribution < 1.29 is 4.39 Å². The van der Waals surface area contributed by atoms with Gasteiger partial charge < -0.3 is 9.80 Å². The Morgan fingerprint density at radius 3 is 2.90 bits per heavy atom. The summed E-state index contributed by atoms with van der Waals surface area (Å²) in [5.41, 5.74) is 5.49. The van der Waals surface area contributed by atoms with Crippen molar-refractivity contribution in [3.05, 3.63) is 65.5 Å². The van der Waals surface area contributed by atoms with E-state index in [-0.39, 0.29) is 5.82 Å². The van der Waals surface area contributed by atoms with E-state index in [0.717, 1.165) is 18.5 Å². The van der Waals surface area contributed by atoms with Crippen LogP contribution in [0.3, 0.4) is 0 Å². The van der Waals surface area contributed by atoms with E-state index in [9.17, 15) is 4.39 Å². The third kappa shape index (κ3) is 3.73. The zero-order valence-corrected chi connectivity index (χ0v) is 17.9. The fourth-order valence-electron chi connectivity index (χ4n) is 5.31. The van der Waals surface area contributed by atoms with Crippen LogP contribution in [0.5, 0.6) is 0 Å². The van der Waals surface area contributed by atoms with Crippen molar-refractivity contribution in [2.45, 2.75) is 43.0 Å². The summed E-state index contributed by atoms with van der Waals surface area (Å²) in [5, 5.41) is 0. The standard InChI is InChI=1S/C25H29FN2S/c1-18(19-8-10-20(26)11-9-19)5-3-13-27-15-12-23-22(17-27)21-6-2-7-24-25(21)28(23)14-4-16-29-24/h2,5-11,22-23H,3-4,12-17H2,1H3/b18-5+/t22-,23-/m0/s1. The summed E-state index contributed by atoms with van der Waals surface area (Å²) in [5.74, 6) is 1.73. The first kappa shape index (κ1) is 19.2. The highest BCUT2D eigenvalue weighted by molar-refractivity contribution is 7.99. The number of piperidine rings is 1. The van der Waals surface area contributed by atoms with Crippen molar-refractivity contribution in [3.63, 3.8) is 0 Å². The van der Waals surface area contributed by atoms with Gasteiger partial charge >= 0.3 is 0 Å². The molecule has 0 N–H and O–H groups in total. The lowest BCUT2D eigenvalue weighted by atomic mass is 9.89. The number of hydrogen-bond acceptors (Lipinski definition) is 3. The maximum Gasteiger partial charge on any atom is 0.123 e. The molecule has 1 fully saturated rings. The quantitative estimate of drug-likeness (QED) is 0.632. The first-order valence-electron chi connectivity index (χ1n) is 10.9. The first-order chi connectivity index (χ1) is 14.2. The van der Waals surface area contributed by atoms with E-state index in [4.69, 9.17) is 0 Å². The third-order valence-corrected chi connectivity index (χ3v) is 7.91. The topological polar surface area (TPSA) is 6.48 Å². The number of para-hydroxylation sites is 1. The van der Waals surface area contributed by atoms with Crippen LogP contribution < -0.4 is 4.90 Å². The number of benzene rings is 2. The number of rotatable bonds is 4. The highest BCUT2D eigenvalue weighted by atomic mass is 32.2. The van der Waals surface area contributed by atoms with Gasteiger partial charge in [-0.05, 0) is 66.8 Å². The monoisotopic (exact) mass is 408 g/mol. The zero-order valence-electron chi connectivity index (χ0n) is 17.1. The largest absolute Gasteiger partial charge is 0.367 e. The molecule has 4 heteroatoms. The molecule has 3 aliphatic rings. The average molecular weight is 409 g/mol. The van der Waals surface area contributed by atoms with Crippen LogP contribution in [0.15, 0.2) is 53.4 Å². The molecule has 0 saturated carbocycles. The van der Waals surface area contributed by atoms with E-state index < -0.39 is 0 Å². The highest BCUT2D eigenvalue weighted by Gasteiger charge is 2.43. The first-order valence-corrected chi connectivity index (χ1v) is 11.9. The summed E-state index contributed by atoms with van der Waals surface area (Å²) in [6.45, 7) is 6.81. The van der Waals surface area contributed by atoms with Gasteiger partial charge in [-0.2, -0.15) is 0 Å². The summed E-state index contributed by atoms with van der Waals surface area (Å²) in [6, 6.07) is 14.5. The number of thioether (sulfide) groups is 1. The number of halogens is 1. The fraction of sp³-hybridized carbons (Fsp3) is 0.440. The van der Waals surface area contributed by atoms with Gasteiger partial charge in [0.2, 0.25) is 0 Å². The second-order valence-corrected chi connectivity index (χ2v) is 9.67. The molecule has 1 saturated heterocycles. The number of hydrogen-bond donors (Lipinski definition) is 0. The molecule has 2 nitrogen and oxygen atoms in total. The van der Waals surface area contributed by atoms with Crippen LogP contribution in [-0.4, -0.2) is 42.9 Å². The van der Waals surface area contributed by atoms with Crippen molar-refractivity contribution in [3.8, 4) is 0 Å². The summed E-state index contributed by atoms with van der Waals surface area (Å²) >= 11 is 2.04. The number of fused-ring (bicyclic) bond motifs is 3. The minimum absolute atomic E-state index is 0.170. The van der Waals surface area contributed by atoms with Crippen LogP contribution in [0.1, 0.15) is 43.2 Å². The molecule has 3 heterocycles. The molecule has 5 rings (SSSR count). The van der Waals surface area contributed by atoms with Gasteiger partial charge in [0.05, 0.1) is 5.69 Å². The molecule has 29 heavy (non-hydrogen) atoms. The van der Waals surface area contributed by atoms with Gasteiger partial charge in [0.15, 0.2) is 0 Å². The Bertz CT molecular complexity index is 908. The summed E-state index contributed by atoms with van der Waals surface area (Å²) in [6.07, 6.45) is 5.91. The van der Waals surface area contributed by atoms with Gasteiger partial charge in [0, 0.05) is 43.0 Å². The molecule has 0 bridgehead atoms. The number of likely N-dealkylation sites (tertiary alicyclic amines) is 1. The normalized spacial score (nSPS) is 24.2. The molecule has 0 spiro atoms. The lowest BCUT2D eigenvalue weighted by molar-refractivity contribution is 0.196. The lowest BCUT2D eigenvalue weighted by Crippen LogP contribution is -2.46. The molecule has 0 amide bonds. The van der Waals surface area contributed by atoms with Crippen molar-refractivity contribution in [1.82, 2.24) is 4.90 Å². The number of anilines is 1. The minimum Gasteiger partial charge on any atom is -0.367 e. The molecule has 3 aliphatic heterocycles. The third-order valence-electron chi connectivity index (χ3n) is 6.77. The van der Waals surface area contributed by atoms with Crippen LogP contribution in [0.25, 0.3) is 5.57 Å². The highest BCUT2D eigenvalue weighted by Crippen LogP contribution is 2.50. The second kappa shape index (κ2) is 8.16. The molecule has 2 aromatic carbocycles. The van der Waals surface area contributed by atoms with Gasteiger partial charge in [0.1, 0.15) is 5.82 Å². The Kier molecular flexibility index (Phi) is 5.40. The van der Waals surface area contributed by atoms with Crippen molar-refractivity contribution in [2.24, 2.45) is 0 Å². The summed E-state index contributed by atoms with van der Waals surface area (Å²) < 4.78 is 13.1. The van der Waals surface area contributed by atoms with Crippen LogP contribution in [0, 0.1) is 5.82 Å². The fourth-order valence-corrected chi connectivity index (χ4v) is 6.35. The van der Waals surface area contributed by atoms with E-state index >= 15 is 0 Å². The zero-order chi connectivity index (χ0) is 19.8. The Labute approximate surface area is 177 Å². The molecular formula is C25H29FN2S. The van der Waals surface area contributed by atoms with E-state index in [1.807, 2.05) is 23.9 Å². The molecule has 0 radical (unpaired) electrons. The predicted molar refractivity (Wildman–Crippen MR) is 121 cm³/mol. The molecule has 0 aromatic heterocycles. The average Bonchev–Trinajstić information content (AvgIpc) is 2.89. The maximum absolute atomic E-state index is 13.1. The number of allylic oxidation sites excluding steroid dienone is 1. The lowest BCUT2D eigenvalue weighted by Gasteiger charge is -2.39. The Balaban J connectivity index is 1.26. The molecular weight excluding hydrogens is 379 g/mol. The van der Waals surface area contributed by atoms with E-state index in [1.54, 1.807) is 23.4 Å². The Morgan fingerprint density at radius 1 is 1.17 bits per heavy atom. The van der Waals surface area contributed by atoms with Gasteiger partial charge in [-0.25, -0.2) is 4.39 Å². The van der Waals surface area contributed by atoms with Crippen molar-refractivity contribution in [2.75, 3.05) is 36.8 Å². The number of nitrogens with zero attached hydrogens (tertiary/aromatic N) is 2. The minimum atomic E-state index is -0.170. The van der Waals surface area contributed by atoms with E-state index in [1.165, 1.54) is 48.7 Å². The Hall–Kier alpha value is -1.78. The van der Waals surface area contributed by atoms with Gasteiger partial charge in [-0.3, -0.25) is 0 Å². The molecule has 0 aliphatic carbocycles. The smallest absolute Gasteiger partial charge is 0.123 e. The summed E-state index contributed by atoms with van der Waals surface area (Å²) in [7, 11) is 0. The second-order valence-electron chi connectivity index (χ2n) is 8.54. The van der Waals surface area contributed by atoms with E-state index in [2.05, 4.69) is 41.0 Å². The summed E-state index contributed by atoms with van der Waals surface area (Å²) in [4.78, 5) is 6.89. The molecule has 2 aromatic rings. The van der Waals surface area contributed by atoms with Crippen molar-refractivity contribution in [1.29, 1.82) is 0 Å². The van der Waals surface area contributed by atoms with Gasteiger partial charge in [0.25, 0.3) is 0 Å². The van der Waals surface area contributed by atoms with Gasteiger partial charge in [-0.15, -0.1) is 11.8 Å². The molecule has 2 atom stereocenters. The van der Waals surface area contributed by atoms with E-state index in [0.29, 0.717) is 12.0 Å². The SMILES string of the molecule is C/C(=C\CCN1CC[C@H]2[C@@H](C1)c1cccc3c1N2CCCS3)c1ccc(F)cc1. The van der Waals surface area contributed by atoms with Crippen LogP contribution in [0.2, 0.25) is 0 Å². The van der Waals surface area contributed by atoms with Crippen LogP contribution in [-0.2, 0) is 0 Å². The predicted octanol–water partition coefficient (Wildman–Crippen LogP) is 5.79. The Morgan fingerprint density at radius 2 is 2.03 bits per heavy atom. The van der Waals surface area contributed by atoms with Crippen LogP contribution in [0.4, 0.5) is 10.1 Å².